The van der Waals surface area contributed by atoms with Crippen LogP contribution in [0.2, 0.25) is 0 Å². The van der Waals surface area contributed by atoms with E-state index in [0.717, 1.165) is 167 Å². The molecule has 0 radical (unpaired) electrons. The summed E-state index contributed by atoms with van der Waals surface area (Å²) in [7, 11) is -4.78. The van der Waals surface area contributed by atoms with Crippen molar-refractivity contribution in [2.75, 3.05) is 26.4 Å². The number of aliphatic hydroxyl groups is 1. The molecule has 3 atom stereocenters. The van der Waals surface area contributed by atoms with Crippen LogP contribution < -0.4 is 0 Å². The third kappa shape index (κ3) is 61.9. The second-order valence-electron chi connectivity index (χ2n) is 21.2. The summed E-state index contributed by atoms with van der Waals surface area (Å²) in [6.45, 7) is 4.33. The Morgan fingerprint density at radius 2 is 0.619 bits per heavy atom. The first-order valence-electron chi connectivity index (χ1n) is 32.7. The number of carbonyl (C=O) groups is 3. The van der Waals surface area contributed by atoms with Crippen molar-refractivity contribution in [3.8, 4) is 0 Å². The maximum Gasteiger partial charge on any atom is 0.472 e. The van der Waals surface area contributed by atoms with Gasteiger partial charge in [0.25, 0.3) is 0 Å². The van der Waals surface area contributed by atoms with Gasteiger partial charge in [0.15, 0.2) is 6.10 Å². The van der Waals surface area contributed by atoms with Crippen LogP contribution in [0.1, 0.15) is 252 Å². The average Bonchev–Trinajstić information content (AvgIpc) is 3.55. The number of hydrogen-bond acceptors (Lipinski definition) is 10. The molecule has 0 amide bonds. The molecule has 3 unspecified atom stereocenters. The average molecular weight is 1190 g/mol. The number of aliphatic hydroxyl groups excluding tert-OH is 1. The van der Waals surface area contributed by atoms with Gasteiger partial charge in [-0.1, -0.05) is 237 Å². The molecule has 0 aromatic heterocycles. The molecular weight excluding hydrogens is 1070 g/mol. The van der Waals surface area contributed by atoms with E-state index < -0.39 is 57.8 Å². The zero-order chi connectivity index (χ0) is 61.2. The normalized spacial score (nSPS) is 14.2. The van der Waals surface area contributed by atoms with Crippen LogP contribution in [0.15, 0.2) is 146 Å². The Bertz CT molecular complexity index is 1970. The molecule has 2 N–H and O–H groups in total. The van der Waals surface area contributed by atoms with E-state index >= 15 is 0 Å². The second kappa shape index (κ2) is 64.4. The summed E-state index contributed by atoms with van der Waals surface area (Å²) in [5.74, 6) is -1.54. The van der Waals surface area contributed by atoms with Gasteiger partial charge in [0, 0.05) is 19.3 Å². The van der Waals surface area contributed by atoms with E-state index in [4.69, 9.17) is 23.3 Å². The first-order valence-corrected chi connectivity index (χ1v) is 34.2. The lowest BCUT2D eigenvalue weighted by Gasteiger charge is -2.21. The van der Waals surface area contributed by atoms with Crippen molar-refractivity contribution in [2.45, 2.75) is 264 Å². The molecule has 0 aliphatic rings. The van der Waals surface area contributed by atoms with Gasteiger partial charge >= 0.3 is 25.7 Å². The lowest BCUT2D eigenvalue weighted by molar-refractivity contribution is -0.161. The van der Waals surface area contributed by atoms with Gasteiger partial charge in [-0.3, -0.25) is 23.4 Å². The van der Waals surface area contributed by atoms with Crippen molar-refractivity contribution in [2.24, 2.45) is 0 Å². The molecule has 0 saturated heterocycles. The molecule has 0 bridgehead atoms. The van der Waals surface area contributed by atoms with Crippen LogP contribution in [-0.2, 0) is 42.2 Å². The molecule has 0 aromatic carbocycles. The summed E-state index contributed by atoms with van der Waals surface area (Å²) < 4.78 is 39.7. The first-order chi connectivity index (χ1) is 41.2. The monoisotopic (exact) mass is 1190 g/mol. The van der Waals surface area contributed by atoms with Crippen molar-refractivity contribution in [3.63, 3.8) is 0 Å². The van der Waals surface area contributed by atoms with Gasteiger partial charge in [-0.05, 0) is 141 Å². The van der Waals surface area contributed by atoms with E-state index in [1.807, 2.05) is 0 Å². The molecule has 0 rings (SSSR count). The minimum Gasteiger partial charge on any atom is -0.462 e. The van der Waals surface area contributed by atoms with Gasteiger partial charge in [0.05, 0.1) is 19.8 Å². The topological polar surface area (TPSA) is 155 Å². The van der Waals surface area contributed by atoms with Crippen molar-refractivity contribution < 1.29 is 52.2 Å². The molecule has 84 heavy (non-hydrogen) atoms. The van der Waals surface area contributed by atoms with Gasteiger partial charge in [-0.15, -0.1) is 0 Å². The van der Waals surface area contributed by atoms with Gasteiger partial charge in [-0.25, -0.2) is 4.57 Å². The predicted octanol–water partition coefficient (Wildman–Crippen LogP) is 20.3. The van der Waals surface area contributed by atoms with Crippen LogP contribution in [0.4, 0.5) is 0 Å². The molecule has 11 nitrogen and oxygen atoms in total. The fourth-order valence-corrected chi connectivity index (χ4v) is 9.11. The molecule has 476 valence electrons. The van der Waals surface area contributed by atoms with Crippen molar-refractivity contribution in [1.82, 2.24) is 0 Å². The molecule has 0 fully saturated rings. The van der Waals surface area contributed by atoms with Crippen LogP contribution in [0, 0.1) is 0 Å². The third-order valence-corrected chi connectivity index (χ3v) is 14.2. The Balaban J connectivity index is 4.81. The van der Waals surface area contributed by atoms with E-state index in [9.17, 15) is 28.9 Å². The Kier molecular flexibility index (Phi) is 60.8. The number of ether oxygens (including phenoxy) is 3. The Morgan fingerprint density at radius 3 is 0.964 bits per heavy atom. The van der Waals surface area contributed by atoms with E-state index in [2.05, 4.69) is 167 Å². The zero-order valence-electron chi connectivity index (χ0n) is 52.8. The van der Waals surface area contributed by atoms with E-state index in [1.165, 1.54) is 25.7 Å². The number of phosphoric ester groups is 1. The van der Waals surface area contributed by atoms with E-state index in [-0.39, 0.29) is 25.9 Å². The highest BCUT2D eigenvalue weighted by Gasteiger charge is 2.28. The summed E-state index contributed by atoms with van der Waals surface area (Å²) in [5, 5.41) is 9.87. The standard InChI is InChI=1S/C72H117O11P/c1-4-7-10-13-16-19-22-25-28-31-34-37-40-43-46-49-52-55-58-61-70(74)79-65-69(83-72(76)63-60-57-54-51-48-45-42-39-36-33-30-27-24-21-18-15-12-9-6-3)67-81-84(77,78)80-66-68(64-73)82-71(75)62-59-56-53-50-47-44-41-38-35-32-29-26-23-20-17-14-11-8-5-2/h7,9-10,12,16-21,25-30,34-39,43,46,68-69,73H,4-6,8,11,13-15,22-24,31-33,40-42,44-45,47-67H2,1-3H3,(H,77,78)/b10-7-,12-9-,19-16-,20-17-,21-18-,28-25-,29-26-,30-27-,37-34-,38-35-,39-36-,46-43-. The molecule has 0 spiro atoms. The highest BCUT2D eigenvalue weighted by molar-refractivity contribution is 7.47. The molecule has 0 aliphatic heterocycles. The summed E-state index contributed by atoms with van der Waals surface area (Å²) in [6, 6.07) is 0. The van der Waals surface area contributed by atoms with Crippen molar-refractivity contribution in [1.29, 1.82) is 0 Å². The SMILES string of the molecule is CC/C=C\C/C=C\C/C=C\C/C=C\C/C=C\CCCCCC(=O)OCC(COP(=O)(O)OCC(CO)OC(=O)CCCCCCCC/C=C\C/C=C\C/C=C\CCCCC)OC(=O)CCCCCCCC/C=C\C/C=C\C/C=C\C/C=C\CC. The largest absolute Gasteiger partial charge is 0.472 e. The maximum atomic E-state index is 13.0. The number of unbranched alkanes of at least 4 members (excludes halogenated alkanes) is 18. The minimum atomic E-state index is -4.78. The fourth-order valence-electron chi connectivity index (χ4n) is 8.32. The number of phosphoric acid groups is 1. The Hall–Kier alpha value is -4.64. The summed E-state index contributed by atoms with van der Waals surface area (Å²) in [6.07, 6.45) is 83.6. The molecule has 0 aromatic rings. The number of carbonyl (C=O) groups excluding carboxylic acids is 3. The molecule has 0 saturated carbocycles. The summed E-state index contributed by atoms with van der Waals surface area (Å²) >= 11 is 0. The van der Waals surface area contributed by atoms with E-state index in [1.54, 1.807) is 0 Å². The summed E-state index contributed by atoms with van der Waals surface area (Å²) in [5.41, 5.74) is 0. The van der Waals surface area contributed by atoms with Gasteiger partial charge in [-0.2, -0.15) is 0 Å². The number of rotatable bonds is 59. The van der Waals surface area contributed by atoms with Crippen LogP contribution in [0.3, 0.4) is 0 Å². The lowest BCUT2D eigenvalue weighted by Crippen LogP contribution is -2.30. The summed E-state index contributed by atoms with van der Waals surface area (Å²) in [4.78, 5) is 48.8. The Labute approximate surface area is 512 Å². The quantitative estimate of drug-likeness (QED) is 0.0197. The van der Waals surface area contributed by atoms with Crippen LogP contribution >= 0.6 is 7.82 Å². The molecule has 0 aliphatic carbocycles. The maximum absolute atomic E-state index is 13.0. The first kappa shape index (κ1) is 79.4. The predicted molar refractivity (Wildman–Crippen MR) is 352 cm³/mol. The minimum absolute atomic E-state index is 0.134. The molecular formula is C72H117O11P. The van der Waals surface area contributed by atoms with Crippen molar-refractivity contribution >= 4 is 25.7 Å². The third-order valence-electron chi connectivity index (χ3n) is 13.2. The van der Waals surface area contributed by atoms with E-state index in [0.29, 0.717) is 19.3 Å². The molecule has 12 heteroatoms. The lowest BCUT2D eigenvalue weighted by atomic mass is 10.1. The second-order valence-corrected chi connectivity index (χ2v) is 22.6. The van der Waals surface area contributed by atoms with Crippen molar-refractivity contribution in [3.05, 3.63) is 146 Å². The number of esters is 3. The van der Waals surface area contributed by atoms with Crippen LogP contribution in [-0.4, -0.2) is 66.5 Å². The van der Waals surface area contributed by atoms with Gasteiger partial charge in [0.1, 0.15) is 12.7 Å². The zero-order valence-corrected chi connectivity index (χ0v) is 53.7. The van der Waals surface area contributed by atoms with Crippen LogP contribution in [0.5, 0.6) is 0 Å². The Morgan fingerprint density at radius 1 is 0.345 bits per heavy atom. The highest BCUT2D eigenvalue weighted by Crippen LogP contribution is 2.43. The number of allylic oxidation sites excluding steroid dienone is 24. The number of hydrogen-bond donors (Lipinski definition) is 2. The fraction of sp³-hybridized carbons (Fsp3) is 0.625. The smallest absolute Gasteiger partial charge is 0.462 e. The highest BCUT2D eigenvalue weighted by atomic mass is 31.2. The van der Waals surface area contributed by atoms with Gasteiger partial charge < -0.3 is 24.2 Å². The van der Waals surface area contributed by atoms with Gasteiger partial charge in [0.2, 0.25) is 0 Å². The molecule has 0 heterocycles. The van der Waals surface area contributed by atoms with Crippen LogP contribution in [0.25, 0.3) is 0 Å².